The number of imide groups is 1. The van der Waals surface area contributed by atoms with E-state index in [2.05, 4.69) is 10.0 Å². The van der Waals surface area contributed by atoms with Crippen LogP contribution in [0.1, 0.15) is 26.3 Å². The van der Waals surface area contributed by atoms with E-state index in [0.29, 0.717) is 0 Å². The number of benzene rings is 1. The van der Waals surface area contributed by atoms with Crippen molar-refractivity contribution in [2.75, 3.05) is 6.54 Å². The molecule has 2 rings (SSSR count). The fraction of sp³-hybridized carbons (Fsp3) is 0.429. The molecular weight excluding hydrogens is 306 g/mol. The lowest BCUT2D eigenvalue weighted by Crippen LogP contribution is -2.41. The molecule has 1 heterocycles. The summed E-state index contributed by atoms with van der Waals surface area (Å²) in [6.07, 6.45) is 0. The molecule has 0 radical (unpaired) electrons. The molecule has 1 fully saturated rings. The molecule has 1 aliphatic rings. The Balaban J connectivity index is 2.07. The number of urea groups is 1. The summed E-state index contributed by atoms with van der Waals surface area (Å²) in [6.45, 7) is 5.92. The Labute approximate surface area is 129 Å². The Morgan fingerprint density at radius 1 is 1.14 bits per heavy atom. The lowest BCUT2D eigenvalue weighted by molar-refractivity contribution is -0.120. The van der Waals surface area contributed by atoms with Crippen LogP contribution in [0.3, 0.4) is 0 Å². The second kappa shape index (κ2) is 5.69. The van der Waals surface area contributed by atoms with Crippen molar-refractivity contribution in [2.45, 2.75) is 37.1 Å². The highest BCUT2D eigenvalue weighted by Gasteiger charge is 2.30. The van der Waals surface area contributed by atoms with Crippen molar-refractivity contribution in [1.82, 2.24) is 15.4 Å². The predicted octanol–water partition coefficient (Wildman–Crippen LogP) is 0.470. The smallest absolute Gasteiger partial charge is 0.322 e. The molecule has 0 spiro atoms. The zero-order valence-corrected chi connectivity index (χ0v) is 13.5. The van der Waals surface area contributed by atoms with Crippen LogP contribution in [0.25, 0.3) is 0 Å². The van der Waals surface area contributed by atoms with E-state index < -0.39 is 28.0 Å². The molecule has 1 aromatic carbocycles. The minimum atomic E-state index is -3.73. The van der Waals surface area contributed by atoms with Crippen molar-refractivity contribution in [3.63, 3.8) is 0 Å². The molecule has 120 valence electrons. The maximum absolute atomic E-state index is 12.2. The molecule has 22 heavy (non-hydrogen) atoms. The summed E-state index contributed by atoms with van der Waals surface area (Å²) in [5, 5.41) is 4.37. The average Bonchev–Trinajstić information content (AvgIpc) is 2.74. The van der Waals surface area contributed by atoms with Gasteiger partial charge in [-0.2, -0.15) is 0 Å². The lowest BCUT2D eigenvalue weighted by atomic mass is 9.87. The van der Waals surface area contributed by atoms with Crippen molar-refractivity contribution in [3.05, 3.63) is 29.8 Å². The first kappa shape index (κ1) is 16.4. The number of carbonyl (C=O) groups is 2. The molecule has 1 atom stereocenters. The van der Waals surface area contributed by atoms with Gasteiger partial charge in [-0.05, 0) is 23.1 Å². The van der Waals surface area contributed by atoms with E-state index in [1.54, 1.807) is 12.1 Å². The standard InChI is InChI=1S/C14H19N3O4S/c1-14(2,3)9-4-6-10(7-5-9)22(20,21)15-8-11-12(18)17-13(19)16-11/h4-7,11,15H,8H2,1-3H3,(H2,16,17,18,19). The molecule has 3 N–H and O–H groups in total. The molecule has 0 saturated carbocycles. The van der Waals surface area contributed by atoms with Crippen molar-refractivity contribution >= 4 is 22.0 Å². The second-order valence-electron chi connectivity index (χ2n) is 6.14. The van der Waals surface area contributed by atoms with E-state index in [4.69, 9.17) is 0 Å². The fourth-order valence-electron chi connectivity index (χ4n) is 2.01. The van der Waals surface area contributed by atoms with Crippen LogP contribution in [-0.4, -0.2) is 32.9 Å². The Morgan fingerprint density at radius 2 is 1.73 bits per heavy atom. The average molecular weight is 325 g/mol. The van der Waals surface area contributed by atoms with E-state index in [0.717, 1.165) is 5.56 Å². The molecular formula is C14H19N3O4S. The van der Waals surface area contributed by atoms with Crippen molar-refractivity contribution in [1.29, 1.82) is 0 Å². The third-order valence-electron chi connectivity index (χ3n) is 3.37. The molecule has 1 saturated heterocycles. The Bertz CT molecular complexity index is 690. The number of nitrogens with one attached hydrogen (secondary N) is 3. The molecule has 3 amide bonds. The highest BCUT2D eigenvalue weighted by molar-refractivity contribution is 7.89. The minimum Gasteiger partial charge on any atom is -0.325 e. The zero-order valence-electron chi connectivity index (χ0n) is 12.6. The van der Waals surface area contributed by atoms with Gasteiger partial charge in [0.25, 0.3) is 5.91 Å². The van der Waals surface area contributed by atoms with Crippen molar-refractivity contribution in [3.8, 4) is 0 Å². The molecule has 0 aromatic heterocycles. The third-order valence-corrected chi connectivity index (χ3v) is 4.81. The van der Waals surface area contributed by atoms with Crippen LogP contribution in [-0.2, 0) is 20.2 Å². The van der Waals surface area contributed by atoms with Gasteiger partial charge >= 0.3 is 6.03 Å². The van der Waals surface area contributed by atoms with Crippen LogP contribution in [0.4, 0.5) is 4.79 Å². The maximum Gasteiger partial charge on any atom is 0.322 e. The molecule has 0 aliphatic carbocycles. The summed E-state index contributed by atoms with van der Waals surface area (Å²) >= 11 is 0. The summed E-state index contributed by atoms with van der Waals surface area (Å²) in [7, 11) is -3.73. The van der Waals surface area contributed by atoms with E-state index >= 15 is 0 Å². The molecule has 1 aromatic rings. The van der Waals surface area contributed by atoms with Crippen LogP contribution in [0.15, 0.2) is 29.2 Å². The number of hydrogen-bond acceptors (Lipinski definition) is 4. The van der Waals surface area contributed by atoms with Crippen molar-refractivity contribution < 1.29 is 18.0 Å². The van der Waals surface area contributed by atoms with Gasteiger partial charge in [0.2, 0.25) is 10.0 Å². The third kappa shape index (κ3) is 3.63. The summed E-state index contributed by atoms with van der Waals surface area (Å²) < 4.78 is 26.7. The van der Waals surface area contributed by atoms with E-state index in [-0.39, 0.29) is 16.9 Å². The van der Waals surface area contributed by atoms with Crippen molar-refractivity contribution in [2.24, 2.45) is 0 Å². The first-order chi connectivity index (χ1) is 10.1. The molecule has 1 unspecified atom stereocenters. The Morgan fingerprint density at radius 3 is 2.18 bits per heavy atom. The highest BCUT2D eigenvalue weighted by Crippen LogP contribution is 2.23. The van der Waals surface area contributed by atoms with Gasteiger partial charge in [0.05, 0.1) is 4.90 Å². The SMILES string of the molecule is CC(C)(C)c1ccc(S(=O)(=O)NCC2NC(=O)NC2=O)cc1. The maximum atomic E-state index is 12.2. The lowest BCUT2D eigenvalue weighted by Gasteiger charge is -2.19. The highest BCUT2D eigenvalue weighted by atomic mass is 32.2. The number of hydrogen-bond donors (Lipinski definition) is 3. The number of amides is 3. The van der Waals surface area contributed by atoms with Gasteiger partial charge in [-0.15, -0.1) is 0 Å². The molecule has 0 bridgehead atoms. The van der Waals surface area contributed by atoms with Gasteiger partial charge in [-0.3, -0.25) is 10.1 Å². The number of rotatable bonds is 4. The molecule has 7 nitrogen and oxygen atoms in total. The Kier molecular flexibility index (Phi) is 4.25. The molecule has 1 aliphatic heterocycles. The number of carbonyl (C=O) groups excluding carboxylic acids is 2. The fourth-order valence-corrected chi connectivity index (χ4v) is 3.06. The topological polar surface area (TPSA) is 104 Å². The van der Waals surface area contributed by atoms with Crippen LogP contribution in [0.5, 0.6) is 0 Å². The largest absolute Gasteiger partial charge is 0.325 e. The first-order valence-corrected chi connectivity index (χ1v) is 8.29. The summed E-state index contributed by atoms with van der Waals surface area (Å²) in [5.41, 5.74) is 0.955. The monoisotopic (exact) mass is 325 g/mol. The summed E-state index contributed by atoms with van der Waals surface area (Å²) in [6, 6.07) is 5.06. The second-order valence-corrected chi connectivity index (χ2v) is 7.91. The van der Waals surface area contributed by atoms with Gasteiger partial charge in [0.15, 0.2) is 0 Å². The van der Waals surface area contributed by atoms with Gasteiger partial charge in [-0.1, -0.05) is 32.9 Å². The first-order valence-electron chi connectivity index (χ1n) is 6.81. The van der Waals surface area contributed by atoms with Crippen LogP contribution in [0.2, 0.25) is 0 Å². The van der Waals surface area contributed by atoms with Gasteiger partial charge < -0.3 is 5.32 Å². The summed E-state index contributed by atoms with van der Waals surface area (Å²) in [4.78, 5) is 22.4. The quantitative estimate of drug-likeness (QED) is 0.700. The van der Waals surface area contributed by atoms with E-state index in [9.17, 15) is 18.0 Å². The molecule has 8 heteroatoms. The van der Waals surface area contributed by atoms with Gasteiger partial charge in [0.1, 0.15) is 6.04 Å². The van der Waals surface area contributed by atoms with Crippen LogP contribution in [0, 0.1) is 0 Å². The van der Waals surface area contributed by atoms with Crippen LogP contribution >= 0.6 is 0 Å². The zero-order chi connectivity index (χ0) is 16.5. The van der Waals surface area contributed by atoms with E-state index in [1.165, 1.54) is 12.1 Å². The van der Waals surface area contributed by atoms with Crippen LogP contribution < -0.4 is 15.4 Å². The Hall–Kier alpha value is -1.93. The normalized spacial score (nSPS) is 19.0. The number of sulfonamides is 1. The predicted molar refractivity (Wildman–Crippen MR) is 80.8 cm³/mol. The minimum absolute atomic E-state index is 0.0675. The van der Waals surface area contributed by atoms with E-state index in [1.807, 2.05) is 26.1 Å². The van der Waals surface area contributed by atoms with Gasteiger partial charge in [-0.25, -0.2) is 17.9 Å². The van der Waals surface area contributed by atoms with Gasteiger partial charge in [0, 0.05) is 6.54 Å². The summed E-state index contributed by atoms with van der Waals surface area (Å²) in [5.74, 6) is -0.546.